The second kappa shape index (κ2) is 14.3. The van der Waals surface area contributed by atoms with Gasteiger partial charge in [0.15, 0.2) is 0 Å². The van der Waals surface area contributed by atoms with E-state index >= 15 is 0 Å². The second-order valence-corrected chi connectivity index (χ2v) is 13.3. The maximum absolute atomic E-state index is 2.48. The average Bonchev–Trinajstić information content (AvgIpc) is 3.25. The third kappa shape index (κ3) is 6.42. The summed E-state index contributed by atoms with van der Waals surface area (Å²) in [6.07, 6.45) is 0. The van der Waals surface area contributed by atoms with Gasteiger partial charge in [0.05, 0.1) is 17.1 Å². The predicted octanol–water partition coefficient (Wildman–Crippen LogP) is 14.6. The molecule has 1 nitrogen and oxygen atoms in total. The molecule has 0 atom stereocenters. The Bertz CT molecular complexity index is 2640. The van der Waals surface area contributed by atoms with E-state index in [1.54, 1.807) is 0 Å². The highest BCUT2D eigenvalue weighted by Gasteiger charge is 2.24. The van der Waals surface area contributed by atoms with E-state index < -0.39 is 0 Å². The van der Waals surface area contributed by atoms with Gasteiger partial charge in [-0.1, -0.05) is 200 Å². The summed E-state index contributed by atoms with van der Waals surface area (Å²) in [5, 5.41) is 2.47. The van der Waals surface area contributed by atoms with Gasteiger partial charge in [0, 0.05) is 16.7 Å². The van der Waals surface area contributed by atoms with E-state index in [-0.39, 0.29) is 0 Å². The van der Waals surface area contributed by atoms with Gasteiger partial charge in [0.1, 0.15) is 0 Å². The topological polar surface area (TPSA) is 3.24 Å². The molecule has 0 saturated carbocycles. The van der Waals surface area contributed by atoms with Crippen molar-refractivity contribution < 1.29 is 0 Å². The summed E-state index contributed by atoms with van der Waals surface area (Å²) >= 11 is 0. The molecule has 0 aliphatic carbocycles. The molecule has 0 heterocycles. The lowest BCUT2D eigenvalue weighted by Gasteiger charge is -2.32. The molecular formula is C52H37N. The monoisotopic (exact) mass is 675 g/mol. The maximum Gasteiger partial charge on any atom is 0.0546 e. The lowest BCUT2D eigenvalue weighted by molar-refractivity contribution is 1.28. The Balaban J connectivity index is 1.30. The van der Waals surface area contributed by atoms with Crippen molar-refractivity contribution in [3.05, 3.63) is 224 Å². The molecule has 0 aliphatic heterocycles. The summed E-state index contributed by atoms with van der Waals surface area (Å²) in [6.45, 7) is 0. The molecule has 0 fully saturated rings. The van der Waals surface area contributed by atoms with Gasteiger partial charge in [-0.15, -0.1) is 0 Å². The normalized spacial score (nSPS) is 11.0. The molecule has 0 unspecified atom stereocenters. The summed E-state index contributed by atoms with van der Waals surface area (Å²) in [7, 11) is 0. The van der Waals surface area contributed by atoms with Crippen molar-refractivity contribution in [1.29, 1.82) is 0 Å². The Morgan fingerprint density at radius 1 is 0.208 bits per heavy atom. The number of hydrogen-bond acceptors (Lipinski definition) is 1. The van der Waals surface area contributed by atoms with Crippen LogP contribution >= 0.6 is 0 Å². The fourth-order valence-electron chi connectivity index (χ4n) is 7.43. The molecule has 0 saturated heterocycles. The SMILES string of the molecule is c1ccc(-c2ccc(-c3ccccc3N(c3ccccc3-c3ccccc3)c3cc(-c4ccc5ccccc5c4)ccc3-c3ccccc3)cc2)cc1. The highest BCUT2D eigenvalue weighted by Crippen LogP contribution is 2.48. The van der Waals surface area contributed by atoms with Crippen LogP contribution in [0, 0.1) is 0 Å². The fraction of sp³-hybridized carbons (Fsp3) is 0. The second-order valence-electron chi connectivity index (χ2n) is 13.3. The summed E-state index contributed by atoms with van der Waals surface area (Å²) < 4.78 is 0. The summed E-state index contributed by atoms with van der Waals surface area (Å²) in [4.78, 5) is 2.48. The largest absolute Gasteiger partial charge is 0.309 e. The third-order valence-corrected chi connectivity index (χ3v) is 10.1. The minimum atomic E-state index is 1.11. The molecular weight excluding hydrogens is 639 g/mol. The molecule has 53 heavy (non-hydrogen) atoms. The smallest absolute Gasteiger partial charge is 0.0546 e. The van der Waals surface area contributed by atoms with E-state index in [9.17, 15) is 0 Å². The predicted molar refractivity (Wildman–Crippen MR) is 226 cm³/mol. The molecule has 9 aromatic rings. The molecule has 0 radical (unpaired) electrons. The number of benzene rings is 9. The van der Waals surface area contributed by atoms with Crippen molar-refractivity contribution in [2.45, 2.75) is 0 Å². The Morgan fingerprint density at radius 3 is 1.19 bits per heavy atom. The van der Waals surface area contributed by atoms with Crippen molar-refractivity contribution >= 4 is 27.8 Å². The third-order valence-electron chi connectivity index (χ3n) is 10.1. The lowest BCUT2D eigenvalue weighted by Crippen LogP contribution is -2.14. The lowest BCUT2D eigenvalue weighted by atomic mass is 9.93. The Morgan fingerprint density at radius 2 is 0.585 bits per heavy atom. The average molecular weight is 676 g/mol. The van der Waals surface area contributed by atoms with Crippen molar-refractivity contribution in [2.24, 2.45) is 0 Å². The zero-order valence-electron chi connectivity index (χ0n) is 29.3. The zero-order chi connectivity index (χ0) is 35.4. The van der Waals surface area contributed by atoms with Crippen LogP contribution in [0.4, 0.5) is 17.1 Å². The molecule has 250 valence electrons. The first-order valence-electron chi connectivity index (χ1n) is 18.2. The quantitative estimate of drug-likeness (QED) is 0.155. The molecule has 0 spiro atoms. The highest BCUT2D eigenvalue weighted by molar-refractivity contribution is 5.99. The van der Waals surface area contributed by atoms with Crippen LogP contribution in [0.2, 0.25) is 0 Å². The molecule has 0 aromatic heterocycles. The van der Waals surface area contributed by atoms with Gasteiger partial charge in [0.25, 0.3) is 0 Å². The van der Waals surface area contributed by atoms with E-state index in [0.717, 1.165) is 44.9 Å². The van der Waals surface area contributed by atoms with E-state index in [1.165, 1.54) is 38.6 Å². The number of para-hydroxylation sites is 2. The number of nitrogens with zero attached hydrogens (tertiary/aromatic N) is 1. The van der Waals surface area contributed by atoms with E-state index in [4.69, 9.17) is 0 Å². The first-order valence-corrected chi connectivity index (χ1v) is 18.2. The van der Waals surface area contributed by atoms with Crippen LogP contribution < -0.4 is 4.90 Å². The van der Waals surface area contributed by atoms with Crippen molar-refractivity contribution in [3.63, 3.8) is 0 Å². The minimum Gasteiger partial charge on any atom is -0.309 e. The molecule has 1 heteroatoms. The van der Waals surface area contributed by atoms with Crippen LogP contribution in [0.25, 0.3) is 66.4 Å². The summed E-state index contributed by atoms with van der Waals surface area (Å²) in [5.41, 5.74) is 15.1. The van der Waals surface area contributed by atoms with Crippen molar-refractivity contribution in [3.8, 4) is 55.6 Å². The molecule has 0 N–H and O–H groups in total. The molecule has 9 aromatic carbocycles. The first-order chi connectivity index (χ1) is 26.3. The van der Waals surface area contributed by atoms with Crippen LogP contribution in [0.3, 0.4) is 0 Å². The highest BCUT2D eigenvalue weighted by atomic mass is 15.1. The van der Waals surface area contributed by atoms with Gasteiger partial charge in [-0.2, -0.15) is 0 Å². The van der Waals surface area contributed by atoms with Gasteiger partial charge in [-0.05, 0) is 74.0 Å². The van der Waals surface area contributed by atoms with E-state index in [2.05, 4.69) is 229 Å². The number of hydrogen-bond donors (Lipinski definition) is 0. The van der Waals surface area contributed by atoms with Crippen LogP contribution in [-0.2, 0) is 0 Å². The Kier molecular flexibility index (Phi) is 8.66. The maximum atomic E-state index is 2.48. The Labute approximate surface area is 311 Å². The minimum absolute atomic E-state index is 1.11. The molecule has 0 amide bonds. The van der Waals surface area contributed by atoms with Gasteiger partial charge >= 0.3 is 0 Å². The zero-order valence-corrected chi connectivity index (χ0v) is 29.3. The van der Waals surface area contributed by atoms with Gasteiger partial charge in [-0.25, -0.2) is 0 Å². The van der Waals surface area contributed by atoms with Crippen molar-refractivity contribution in [2.75, 3.05) is 4.90 Å². The number of anilines is 3. The van der Waals surface area contributed by atoms with Crippen LogP contribution in [0.15, 0.2) is 224 Å². The van der Waals surface area contributed by atoms with E-state index in [1.807, 2.05) is 0 Å². The fourth-order valence-corrected chi connectivity index (χ4v) is 7.43. The molecule has 9 rings (SSSR count). The molecule has 0 aliphatic rings. The Hall–Kier alpha value is -6.96. The first kappa shape index (κ1) is 32.0. The number of fused-ring (bicyclic) bond motifs is 1. The summed E-state index contributed by atoms with van der Waals surface area (Å²) in [5.74, 6) is 0. The molecule has 0 bridgehead atoms. The van der Waals surface area contributed by atoms with E-state index in [0.29, 0.717) is 0 Å². The van der Waals surface area contributed by atoms with Crippen LogP contribution in [0.1, 0.15) is 0 Å². The summed E-state index contributed by atoms with van der Waals surface area (Å²) in [6, 6.07) is 81.0. The van der Waals surface area contributed by atoms with Crippen LogP contribution in [-0.4, -0.2) is 0 Å². The van der Waals surface area contributed by atoms with Gasteiger partial charge < -0.3 is 4.90 Å². The van der Waals surface area contributed by atoms with Gasteiger partial charge in [-0.3, -0.25) is 0 Å². The standard InChI is InChI=1S/C52H37N/c1-4-16-38(17-5-1)40-28-31-43(32-29-40)48-25-13-15-27-51(48)53(50-26-14-12-24-47(50)41-19-6-2-7-20-41)52-37-46(34-35-49(52)42-21-8-3-9-22-42)45-33-30-39-18-10-11-23-44(39)36-45/h1-37H. The van der Waals surface area contributed by atoms with Crippen molar-refractivity contribution in [1.82, 2.24) is 0 Å². The van der Waals surface area contributed by atoms with Gasteiger partial charge in [0.2, 0.25) is 0 Å². The number of rotatable bonds is 8. The van der Waals surface area contributed by atoms with Crippen LogP contribution in [0.5, 0.6) is 0 Å².